The molecular formula is C15H18ClN3O3. The third-order valence-corrected chi connectivity index (χ3v) is 4.55. The van der Waals surface area contributed by atoms with Crippen molar-refractivity contribution in [2.75, 3.05) is 6.54 Å². The molecule has 3 atom stereocenters. The Hall–Kier alpha value is -1.63. The minimum Gasteiger partial charge on any atom is -0.480 e. The summed E-state index contributed by atoms with van der Waals surface area (Å²) >= 11 is 5.88. The zero-order valence-electron chi connectivity index (χ0n) is 12.0. The molecule has 1 aromatic rings. The van der Waals surface area contributed by atoms with Gasteiger partial charge in [-0.2, -0.15) is 0 Å². The topological polar surface area (TPSA) is 81.7 Å². The highest BCUT2D eigenvalue weighted by Crippen LogP contribution is 2.26. The molecule has 22 heavy (non-hydrogen) atoms. The van der Waals surface area contributed by atoms with Gasteiger partial charge in [-0.05, 0) is 37.0 Å². The number of carboxylic acid groups (broad SMARTS) is 1. The molecule has 2 unspecified atom stereocenters. The van der Waals surface area contributed by atoms with Crippen molar-refractivity contribution in [3.63, 3.8) is 0 Å². The fraction of sp³-hybridized carbons (Fsp3) is 0.467. The Bertz CT molecular complexity index is 578. The van der Waals surface area contributed by atoms with Crippen molar-refractivity contribution >= 4 is 23.5 Å². The van der Waals surface area contributed by atoms with E-state index < -0.39 is 18.1 Å². The van der Waals surface area contributed by atoms with Gasteiger partial charge >= 0.3 is 5.97 Å². The number of benzene rings is 1. The second-order valence-electron chi connectivity index (χ2n) is 5.71. The second kappa shape index (κ2) is 6.24. The molecule has 0 saturated carbocycles. The molecule has 2 fully saturated rings. The summed E-state index contributed by atoms with van der Waals surface area (Å²) in [5.41, 5.74) is 7.14. The van der Waals surface area contributed by atoms with Gasteiger partial charge in [0.1, 0.15) is 12.1 Å². The average Bonchev–Trinajstić information content (AvgIpc) is 3.17. The van der Waals surface area contributed by atoms with Crippen LogP contribution in [0, 0.1) is 0 Å². The van der Waals surface area contributed by atoms with Crippen LogP contribution < -0.4 is 10.9 Å². The Kier molecular flexibility index (Phi) is 4.33. The number of nitrogens with one attached hydrogen (secondary N) is 2. The van der Waals surface area contributed by atoms with Crippen LogP contribution in [0.4, 0.5) is 0 Å². The number of halogens is 1. The summed E-state index contributed by atoms with van der Waals surface area (Å²) in [7, 11) is 0. The summed E-state index contributed by atoms with van der Waals surface area (Å²) in [6, 6.07) is 6.39. The standard InChI is InChI=1S/C15H18ClN3O3/c16-10-5-3-9(4-6-10)11-8-12(18-17-11)14(20)19-7-1-2-13(19)15(21)22/h3-6,11-13,17-18H,1-2,7-8H2,(H,21,22)/t11?,12?,13-/m0/s1. The Morgan fingerprint density at radius 3 is 2.64 bits per heavy atom. The van der Waals surface area contributed by atoms with Crippen LogP contribution in [0.3, 0.4) is 0 Å². The Morgan fingerprint density at radius 1 is 1.23 bits per heavy atom. The molecule has 2 aliphatic rings. The number of likely N-dealkylation sites (tertiary alicyclic amines) is 1. The van der Waals surface area contributed by atoms with Crippen molar-refractivity contribution in [2.45, 2.75) is 37.4 Å². The molecular weight excluding hydrogens is 306 g/mol. The van der Waals surface area contributed by atoms with Crippen LogP contribution in [0.5, 0.6) is 0 Å². The monoisotopic (exact) mass is 323 g/mol. The molecule has 2 saturated heterocycles. The molecule has 0 aromatic heterocycles. The van der Waals surface area contributed by atoms with Crippen molar-refractivity contribution < 1.29 is 14.7 Å². The first-order chi connectivity index (χ1) is 10.6. The summed E-state index contributed by atoms with van der Waals surface area (Å²) in [4.78, 5) is 25.2. The molecule has 0 radical (unpaired) electrons. The third kappa shape index (κ3) is 2.95. The number of hydrogen-bond donors (Lipinski definition) is 3. The van der Waals surface area contributed by atoms with Crippen molar-refractivity contribution in [1.29, 1.82) is 0 Å². The predicted octanol–water partition coefficient (Wildman–Crippen LogP) is 1.32. The maximum atomic E-state index is 12.5. The highest BCUT2D eigenvalue weighted by Gasteiger charge is 2.39. The van der Waals surface area contributed by atoms with Crippen molar-refractivity contribution in [3.05, 3.63) is 34.9 Å². The van der Waals surface area contributed by atoms with Crippen LogP contribution in [-0.2, 0) is 9.59 Å². The summed E-state index contributed by atoms with van der Waals surface area (Å²) in [6.07, 6.45) is 1.86. The summed E-state index contributed by atoms with van der Waals surface area (Å²) in [6.45, 7) is 0.513. The van der Waals surface area contributed by atoms with Crippen LogP contribution in [0.15, 0.2) is 24.3 Å². The largest absolute Gasteiger partial charge is 0.480 e. The van der Waals surface area contributed by atoms with Gasteiger partial charge < -0.3 is 10.0 Å². The average molecular weight is 324 g/mol. The molecule has 1 amide bonds. The Labute approximate surface area is 133 Å². The third-order valence-electron chi connectivity index (χ3n) is 4.29. The van der Waals surface area contributed by atoms with Crippen molar-refractivity contribution in [1.82, 2.24) is 15.8 Å². The van der Waals surface area contributed by atoms with E-state index in [-0.39, 0.29) is 11.9 Å². The van der Waals surface area contributed by atoms with Crippen LogP contribution in [0.25, 0.3) is 0 Å². The van der Waals surface area contributed by atoms with Crippen LogP contribution in [0.1, 0.15) is 30.9 Å². The second-order valence-corrected chi connectivity index (χ2v) is 6.15. The molecule has 2 aliphatic heterocycles. The SMILES string of the molecule is O=C(O)[C@@H]1CCCN1C(=O)C1CC(c2ccc(Cl)cc2)NN1. The highest BCUT2D eigenvalue weighted by atomic mass is 35.5. The molecule has 7 heteroatoms. The zero-order valence-corrected chi connectivity index (χ0v) is 12.7. The highest BCUT2D eigenvalue weighted by molar-refractivity contribution is 6.30. The van der Waals surface area contributed by atoms with Crippen LogP contribution in [0.2, 0.25) is 5.02 Å². The van der Waals surface area contributed by atoms with E-state index in [4.69, 9.17) is 11.6 Å². The number of nitrogens with zero attached hydrogens (tertiary/aromatic N) is 1. The zero-order chi connectivity index (χ0) is 15.7. The summed E-state index contributed by atoms with van der Waals surface area (Å²) in [5, 5.41) is 9.86. The quantitative estimate of drug-likeness (QED) is 0.781. The van der Waals surface area contributed by atoms with E-state index in [1.807, 2.05) is 24.3 Å². The van der Waals surface area contributed by atoms with Gasteiger partial charge in [-0.3, -0.25) is 4.79 Å². The minimum atomic E-state index is -0.925. The lowest BCUT2D eigenvalue weighted by atomic mass is 10.0. The van der Waals surface area contributed by atoms with Gasteiger partial charge in [0.25, 0.3) is 0 Å². The number of carboxylic acids is 1. The van der Waals surface area contributed by atoms with Crippen molar-refractivity contribution in [2.24, 2.45) is 0 Å². The lowest BCUT2D eigenvalue weighted by Gasteiger charge is -2.24. The van der Waals surface area contributed by atoms with E-state index in [9.17, 15) is 14.7 Å². The molecule has 0 spiro atoms. The van der Waals surface area contributed by atoms with E-state index in [2.05, 4.69) is 10.9 Å². The lowest BCUT2D eigenvalue weighted by molar-refractivity contribution is -0.148. The van der Waals surface area contributed by atoms with Gasteiger partial charge in [0, 0.05) is 17.6 Å². The van der Waals surface area contributed by atoms with Crippen molar-refractivity contribution in [3.8, 4) is 0 Å². The molecule has 118 valence electrons. The number of carbonyl (C=O) groups is 2. The van der Waals surface area contributed by atoms with E-state index in [1.54, 1.807) is 0 Å². The first kappa shape index (κ1) is 15.3. The number of carbonyl (C=O) groups excluding carboxylic acids is 1. The molecule has 0 aliphatic carbocycles. The van der Waals surface area contributed by atoms with Gasteiger partial charge in [-0.25, -0.2) is 15.6 Å². The van der Waals surface area contributed by atoms with E-state index >= 15 is 0 Å². The van der Waals surface area contributed by atoms with Gasteiger partial charge in [-0.15, -0.1) is 0 Å². The summed E-state index contributed by atoms with van der Waals surface area (Å²) in [5.74, 6) is -1.07. The normalized spacial score (nSPS) is 28.0. The maximum absolute atomic E-state index is 12.5. The first-order valence-electron chi connectivity index (χ1n) is 7.36. The Morgan fingerprint density at radius 2 is 1.95 bits per heavy atom. The van der Waals surface area contributed by atoms with Gasteiger partial charge in [0.15, 0.2) is 0 Å². The molecule has 2 heterocycles. The number of rotatable bonds is 3. The van der Waals surface area contributed by atoms with Gasteiger partial charge in [0.2, 0.25) is 5.91 Å². The molecule has 3 rings (SSSR count). The smallest absolute Gasteiger partial charge is 0.326 e. The van der Waals surface area contributed by atoms with Crippen LogP contribution in [-0.4, -0.2) is 40.5 Å². The fourth-order valence-corrected chi connectivity index (χ4v) is 3.25. The maximum Gasteiger partial charge on any atom is 0.326 e. The van der Waals surface area contributed by atoms with E-state index in [0.29, 0.717) is 24.4 Å². The molecule has 1 aromatic carbocycles. The Balaban J connectivity index is 1.66. The van der Waals surface area contributed by atoms with Gasteiger partial charge in [-0.1, -0.05) is 23.7 Å². The number of aliphatic carboxylic acids is 1. The number of hydrogen-bond acceptors (Lipinski definition) is 4. The summed E-state index contributed by atoms with van der Waals surface area (Å²) < 4.78 is 0. The minimum absolute atomic E-state index is 0.0112. The van der Waals surface area contributed by atoms with E-state index in [1.165, 1.54) is 4.90 Å². The molecule has 3 N–H and O–H groups in total. The molecule has 0 bridgehead atoms. The number of hydrazine groups is 1. The first-order valence-corrected chi connectivity index (χ1v) is 7.74. The molecule has 6 nitrogen and oxygen atoms in total. The number of amides is 1. The van der Waals surface area contributed by atoms with Crippen LogP contribution >= 0.6 is 11.6 Å². The lowest BCUT2D eigenvalue weighted by Crippen LogP contribution is -2.49. The van der Waals surface area contributed by atoms with Gasteiger partial charge in [0.05, 0.1) is 0 Å². The predicted molar refractivity (Wildman–Crippen MR) is 81.2 cm³/mol. The fourth-order valence-electron chi connectivity index (χ4n) is 3.12. The van der Waals surface area contributed by atoms with E-state index in [0.717, 1.165) is 12.0 Å².